The van der Waals surface area contributed by atoms with E-state index in [1.165, 1.54) is 0 Å². The number of carbonyl (C=O) groups excluding carboxylic acids is 1. The molecular formula is C17H26N2O2. The van der Waals surface area contributed by atoms with Gasteiger partial charge >= 0.3 is 0 Å². The molecule has 0 atom stereocenters. The van der Waals surface area contributed by atoms with E-state index in [4.69, 9.17) is 4.84 Å². The van der Waals surface area contributed by atoms with Crippen LogP contribution in [0.2, 0.25) is 0 Å². The molecule has 4 nitrogen and oxygen atoms in total. The minimum atomic E-state index is -0.342. The Labute approximate surface area is 127 Å². The highest BCUT2D eigenvalue weighted by Crippen LogP contribution is 2.20. The first-order chi connectivity index (χ1) is 10.1. The minimum absolute atomic E-state index is 0.197. The number of benzene rings is 1. The Morgan fingerprint density at radius 2 is 1.81 bits per heavy atom. The molecule has 0 spiro atoms. The van der Waals surface area contributed by atoms with Crippen molar-refractivity contribution in [2.75, 3.05) is 6.54 Å². The lowest BCUT2D eigenvalue weighted by Crippen LogP contribution is -2.33. The van der Waals surface area contributed by atoms with Crippen molar-refractivity contribution in [3.05, 3.63) is 35.9 Å². The standard InChI is InChI=1S/C17H26N2O2/c1-5-13-18-16(20)15(14-11-9-8-10-12-14)19-21-17(4,6-2)7-3/h8-12H,5-7,13H2,1-4H3,(H,18,20). The van der Waals surface area contributed by atoms with Crippen LogP contribution in [0.3, 0.4) is 0 Å². The fraction of sp³-hybridized carbons (Fsp3) is 0.529. The molecule has 0 fully saturated rings. The normalized spacial score (nSPS) is 12.1. The summed E-state index contributed by atoms with van der Waals surface area (Å²) in [5, 5.41) is 7.02. The summed E-state index contributed by atoms with van der Waals surface area (Å²) in [6, 6.07) is 9.41. The highest BCUT2D eigenvalue weighted by molar-refractivity contribution is 6.45. The highest BCUT2D eigenvalue weighted by atomic mass is 16.6. The maximum atomic E-state index is 12.3. The molecule has 1 aromatic rings. The molecule has 0 aromatic heterocycles. The van der Waals surface area contributed by atoms with Crippen LogP contribution >= 0.6 is 0 Å². The average Bonchev–Trinajstić information content (AvgIpc) is 2.53. The van der Waals surface area contributed by atoms with Crippen LogP contribution in [0.25, 0.3) is 0 Å². The molecule has 0 heterocycles. The Balaban J connectivity index is 2.99. The van der Waals surface area contributed by atoms with Crippen LogP contribution in [-0.4, -0.2) is 23.8 Å². The first-order valence-electron chi connectivity index (χ1n) is 7.66. The van der Waals surface area contributed by atoms with E-state index in [-0.39, 0.29) is 11.5 Å². The van der Waals surface area contributed by atoms with Crippen molar-refractivity contribution in [1.29, 1.82) is 0 Å². The molecule has 1 rings (SSSR count). The number of nitrogens with zero attached hydrogens (tertiary/aromatic N) is 1. The SMILES string of the molecule is CCCNC(=O)C(=NOC(C)(CC)CC)c1ccccc1. The summed E-state index contributed by atoms with van der Waals surface area (Å²) in [6.07, 6.45) is 2.56. The molecule has 0 radical (unpaired) electrons. The number of hydrogen-bond donors (Lipinski definition) is 1. The van der Waals surface area contributed by atoms with Gasteiger partial charge in [-0.2, -0.15) is 0 Å². The summed E-state index contributed by atoms with van der Waals surface area (Å²) in [6.45, 7) is 8.75. The molecule has 4 heteroatoms. The number of nitrogens with one attached hydrogen (secondary N) is 1. The maximum Gasteiger partial charge on any atom is 0.273 e. The predicted octanol–water partition coefficient (Wildman–Crippen LogP) is 3.51. The average molecular weight is 290 g/mol. The Morgan fingerprint density at radius 3 is 2.33 bits per heavy atom. The van der Waals surface area contributed by atoms with Crippen LogP contribution in [0, 0.1) is 0 Å². The second-order valence-electron chi connectivity index (χ2n) is 5.31. The molecule has 1 N–H and O–H groups in total. The zero-order valence-corrected chi connectivity index (χ0v) is 13.5. The monoisotopic (exact) mass is 290 g/mol. The lowest BCUT2D eigenvalue weighted by atomic mass is 10.0. The van der Waals surface area contributed by atoms with E-state index in [1.54, 1.807) is 0 Å². The number of carbonyl (C=O) groups is 1. The molecule has 1 aromatic carbocycles. The van der Waals surface area contributed by atoms with E-state index in [2.05, 4.69) is 24.3 Å². The summed E-state index contributed by atoms with van der Waals surface area (Å²) in [4.78, 5) is 17.9. The topological polar surface area (TPSA) is 50.7 Å². The first-order valence-corrected chi connectivity index (χ1v) is 7.66. The lowest BCUT2D eigenvalue weighted by Gasteiger charge is -2.24. The van der Waals surface area contributed by atoms with Crippen LogP contribution < -0.4 is 5.32 Å². The van der Waals surface area contributed by atoms with Crippen molar-refractivity contribution >= 4 is 11.6 Å². The van der Waals surface area contributed by atoms with Crippen LogP contribution in [0.1, 0.15) is 52.5 Å². The van der Waals surface area contributed by atoms with Gasteiger partial charge in [-0.1, -0.05) is 56.3 Å². The third kappa shape index (κ3) is 5.21. The van der Waals surface area contributed by atoms with Gasteiger partial charge in [0.2, 0.25) is 0 Å². The molecule has 0 unspecified atom stereocenters. The number of hydrogen-bond acceptors (Lipinski definition) is 3. The molecule has 0 saturated carbocycles. The van der Waals surface area contributed by atoms with E-state index >= 15 is 0 Å². The predicted molar refractivity (Wildman–Crippen MR) is 86.4 cm³/mol. The quantitative estimate of drug-likeness (QED) is 0.588. The summed E-state index contributed by atoms with van der Waals surface area (Å²) < 4.78 is 0. The van der Waals surface area contributed by atoms with E-state index in [0.717, 1.165) is 24.8 Å². The third-order valence-corrected chi connectivity index (χ3v) is 3.65. The van der Waals surface area contributed by atoms with Crippen LogP contribution in [0.15, 0.2) is 35.5 Å². The smallest absolute Gasteiger partial charge is 0.273 e. The van der Waals surface area contributed by atoms with Gasteiger partial charge in [-0.25, -0.2) is 0 Å². The minimum Gasteiger partial charge on any atom is -0.389 e. The van der Waals surface area contributed by atoms with E-state index in [1.807, 2.05) is 44.2 Å². The van der Waals surface area contributed by atoms with Crippen molar-refractivity contribution in [2.24, 2.45) is 5.16 Å². The molecule has 0 aliphatic heterocycles. The van der Waals surface area contributed by atoms with E-state index in [9.17, 15) is 4.79 Å². The molecule has 0 saturated heterocycles. The van der Waals surface area contributed by atoms with Gasteiger partial charge in [0.25, 0.3) is 5.91 Å². The molecule has 0 aliphatic carbocycles. The molecule has 0 aliphatic rings. The van der Waals surface area contributed by atoms with Crippen molar-refractivity contribution in [1.82, 2.24) is 5.32 Å². The molecule has 116 valence electrons. The maximum absolute atomic E-state index is 12.3. The van der Waals surface area contributed by atoms with Crippen molar-refractivity contribution in [3.63, 3.8) is 0 Å². The second-order valence-corrected chi connectivity index (χ2v) is 5.31. The van der Waals surface area contributed by atoms with Gasteiger partial charge in [-0.3, -0.25) is 4.79 Å². The summed E-state index contributed by atoms with van der Waals surface area (Å²) in [5.41, 5.74) is 0.753. The van der Waals surface area contributed by atoms with Gasteiger partial charge in [0.05, 0.1) is 0 Å². The molecule has 1 amide bonds. The first kappa shape index (κ1) is 17.2. The number of oxime groups is 1. The van der Waals surface area contributed by atoms with Crippen molar-refractivity contribution in [3.8, 4) is 0 Å². The summed E-state index contributed by atoms with van der Waals surface area (Å²) in [5.74, 6) is -0.197. The Bertz CT molecular complexity index is 465. The highest BCUT2D eigenvalue weighted by Gasteiger charge is 2.23. The van der Waals surface area contributed by atoms with Gasteiger partial charge in [-0.15, -0.1) is 0 Å². The fourth-order valence-electron chi connectivity index (χ4n) is 1.68. The lowest BCUT2D eigenvalue weighted by molar-refractivity contribution is -0.115. The molecular weight excluding hydrogens is 264 g/mol. The summed E-state index contributed by atoms with van der Waals surface area (Å²) >= 11 is 0. The van der Waals surface area contributed by atoms with Crippen molar-refractivity contribution < 1.29 is 9.63 Å². The van der Waals surface area contributed by atoms with Crippen molar-refractivity contribution in [2.45, 2.75) is 52.6 Å². The number of rotatable bonds is 8. The van der Waals surface area contributed by atoms with E-state index < -0.39 is 0 Å². The van der Waals surface area contributed by atoms with Crippen LogP contribution in [0.4, 0.5) is 0 Å². The van der Waals surface area contributed by atoms with Gasteiger partial charge in [0.15, 0.2) is 5.71 Å². The molecule has 21 heavy (non-hydrogen) atoms. The Kier molecular flexibility index (Phi) is 6.92. The van der Waals surface area contributed by atoms with Crippen LogP contribution in [-0.2, 0) is 9.63 Å². The van der Waals surface area contributed by atoms with Gasteiger partial charge in [0, 0.05) is 12.1 Å². The summed E-state index contributed by atoms with van der Waals surface area (Å²) in [7, 11) is 0. The Morgan fingerprint density at radius 1 is 1.19 bits per heavy atom. The largest absolute Gasteiger partial charge is 0.389 e. The second kappa shape index (κ2) is 8.45. The zero-order valence-electron chi connectivity index (χ0n) is 13.5. The fourth-order valence-corrected chi connectivity index (χ4v) is 1.68. The van der Waals surface area contributed by atoms with E-state index in [0.29, 0.717) is 12.3 Å². The Hall–Kier alpha value is -1.84. The van der Waals surface area contributed by atoms with Gasteiger partial charge < -0.3 is 10.2 Å². The van der Waals surface area contributed by atoms with Gasteiger partial charge in [0.1, 0.15) is 5.60 Å². The molecule has 0 bridgehead atoms. The zero-order chi connectivity index (χ0) is 15.7. The third-order valence-electron chi connectivity index (χ3n) is 3.65. The number of amides is 1. The van der Waals surface area contributed by atoms with Crippen LogP contribution in [0.5, 0.6) is 0 Å². The van der Waals surface area contributed by atoms with Gasteiger partial charge in [-0.05, 0) is 26.2 Å².